The van der Waals surface area contributed by atoms with Crippen molar-refractivity contribution in [3.63, 3.8) is 0 Å². The van der Waals surface area contributed by atoms with Crippen molar-refractivity contribution in [2.24, 2.45) is 0 Å². The molecule has 0 atom stereocenters. The smallest absolute Gasteiger partial charge is 0.174 e. The Hall–Kier alpha value is -2.21. The summed E-state index contributed by atoms with van der Waals surface area (Å²) in [6.07, 6.45) is 0. The van der Waals surface area contributed by atoms with Crippen LogP contribution in [0.3, 0.4) is 0 Å². The number of benzene rings is 1. The van der Waals surface area contributed by atoms with E-state index in [4.69, 9.17) is 10.00 Å². The summed E-state index contributed by atoms with van der Waals surface area (Å²) in [5.74, 6) is 0.720. The van der Waals surface area contributed by atoms with Crippen molar-refractivity contribution >= 4 is 0 Å². The zero-order chi connectivity index (χ0) is 12.3. The Bertz CT molecular complexity index is 527. The first kappa shape index (κ1) is 11.3. The average Bonchev–Trinajstić information content (AvgIpc) is 2.67. The molecule has 0 saturated heterocycles. The van der Waals surface area contributed by atoms with Gasteiger partial charge in [0.15, 0.2) is 6.61 Å². The molecule has 0 aliphatic carbocycles. The minimum atomic E-state index is 0.0842. The predicted octanol–water partition coefficient (Wildman–Crippen LogP) is 3.00. The van der Waals surface area contributed by atoms with Crippen molar-refractivity contribution in [1.29, 1.82) is 5.26 Å². The van der Waals surface area contributed by atoms with Crippen molar-refractivity contribution in [3.8, 4) is 17.5 Å². The molecule has 1 aromatic carbocycles. The van der Waals surface area contributed by atoms with Crippen LogP contribution in [0.4, 0.5) is 0 Å². The van der Waals surface area contributed by atoms with Crippen molar-refractivity contribution in [1.82, 2.24) is 4.57 Å². The second kappa shape index (κ2) is 4.75. The fourth-order valence-corrected chi connectivity index (χ4v) is 1.88. The molecule has 86 valence electrons. The standard InChI is InChI=1S/C14H14N2O/c1-11-3-4-12(2)16(11)13-5-7-14(8-6-13)17-10-9-15/h3-8H,10H2,1-2H3. The SMILES string of the molecule is Cc1ccc(C)n1-c1ccc(OCC#N)cc1. The monoisotopic (exact) mass is 226 g/mol. The number of rotatable bonds is 3. The molecule has 1 heterocycles. The molecule has 0 aliphatic heterocycles. The van der Waals surface area contributed by atoms with Gasteiger partial charge in [-0.05, 0) is 50.2 Å². The first-order valence-electron chi connectivity index (χ1n) is 5.47. The Morgan fingerprint density at radius 3 is 2.18 bits per heavy atom. The van der Waals surface area contributed by atoms with Gasteiger partial charge in [0.25, 0.3) is 0 Å². The van der Waals surface area contributed by atoms with Gasteiger partial charge in [-0.3, -0.25) is 0 Å². The van der Waals surface area contributed by atoms with E-state index < -0.39 is 0 Å². The first-order valence-corrected chi connectivity index (χ1v) is 5.47. The van der Waals surface area contributed by atoms with Crippen LogP contribution in [0, 0.1) is 25.2 Å². The van der Waals surface area contributed by atoms with Crippen LogP contribution in [-0.4, -0.2) is 11.2 Å². The third-order valence-electron chi connectivity index (χ3n) is 2.67. The van der Waals surface area contributed by atoms with Crippen LogP contribution >= 0.6 is 0 Å². The highest BCUT2D eigenvalue weighted by Crippen LogP contribution is 2.19. The van der Waals surface area contributed by atoms with Crippen molar-refractivity contribution < 1.29 is 4.74 Å². The van der Waals surface area contributed by atoms with Gasteiger partial charge in [0.1, 0.15) is 11.8 Å². The summed E-state index contributed by atoms with van der Waals surface area (Å²) in [5, 5.41) is 8.43. The largest absolute Gasteiger partial charge is 0.479 e. The molecule has 0 radical (unpaired) electrons. The first-order chi connectivity index (χ1) is 8.22. The highest BCUT2D eigenvalue weighted by Gasteiger charge is 2.03. The molecular weight excluding hydrogens is 212 g/mol. The van der Waals surface area contributed by atoms with E-state index in [1.54, 1.807) is 0 Å². The quantitative estimate of drug-likeness (QED) is 0.806. The van der Waals surface area contributed by atoms with Crippen LogP contribution in [0.25, 0.3) is 5.69 Å². The summed E-state index contributed by atoms with van der Waals surface area (Å²) >= 11 is 0. The number of aromatic nitrogens is 1. The lowest BCUT2D eigenvalue weighted by molar-refractivity contribution is 0.368. The molecular formula is C14H14N2O. The maximum Gasteiger partial charge on any atom is 0.174 e. The predicted molar refractivity (Wildman–Crippen MR) is 66.4 cm³/mol. The van der Waals surface area contributed by atoms with Crippen molar-refractivity contribution in [2.45, 2.75) is 13.8 Å². The third-order valence-corrected chi connectivity index (χ3v) is 2.67. The fraction of sp³-hybridized carbons (Fsp3) is 0.214. The van der Waals surface area contributed by atoms with Crippen molar-refractivity contribution in [2.75, 3.05) is 6.61 Å². The lowest BCUT2D eigenvalue weighted by Crippen LogP contribution is -1.99. The van der Waals surface area contributed by atoms with Crippen LogP contribution < -0.4 is 4.74 Å². The van der Waals surface area contributed by atoms with Gasteiger partial charge in [0.05, 0.1) is 0 Å². The highest BCUT2D eigenvalue weighted by atomic mass is 16.5. The minimum absolute atomic E-state index is 0.0842. The summed E-state index contributed by atoms with van der Waals surface area (Å²) in [6.45, 7) is 4.24. The van der Waals surface area contributed by atoms with E-state index in [1.807, 2.05) is 30.3 Å². The second-order valence-corrected chi connectivity index (χ2v) is 3.89. The van der Waals surface area contributed by atoms with Gasteiger partial charge in [-0.15, -0.1) is 0 Å². The molecule has 0 saturated carbocycles. The molecule has 17 heavy (non-hydrogen) atoms. The normalized spacial score (nSPS) is 9.94. The zero-order valence-electron chi connectivity index (χ0n) is 9.97. The Morgan fingerprint density at radius 1 is 1.06 bits per heavy atom. The summed E-state index contributed by atoms with van der Waals surface area (Å²) < 4.78 is 7.39. The summed E-state index contributed by atoms with van der Waals surface area (Å²) in [6, 6.07) is 13.9. The van der Waals surface area contributed by atoms with Gasteiger partial charge in [-0.25, -0.2) is 0 Å². The summed E-state index contributed by atoms with van der Waals surface area (Å²) in [5.41, 5.74) is 3.51. The molecule has 0 amide bonds. The van der Waals surface area contributed by atoms with Gasteiger partial charge in [0, 0.05) is 17.1 Å². The molecule has 0 unspecified atom stereocenters. The molecule has 3 nitrogen and oxygen atoms in total. The van der Waals surface area contributed by atoms with E-state index >= 15 is 0 Å². The molecule has 0 fully saturated rings. The number of aryl methyl sites for hydroxylation is 2. The number of ether oxygens (including phenoxy) is 1. The molecule has 0 bridgehead atoms. The van der Waals surface area contributed by atoms with Gasteiger partial charge in [0.2, 0.25) is 0 Å². The molecule has 2 rings (SSSR count). The molecule has 2 aromatic rings. The van der Waals surface area contributed by atoms with Gasteiger partial charge >= 0.3 is 0 Å². The molecule has 0 spiro atoms. The van der Waals surface area contributed by atoms with Crippen LogP contribution in [0.1, 0.15) is 11.4 Å². The molecule has 1 aromatic heterocycles. The Balaban J connectivity index is 2.27. The molecule has 0 N–H and O–H groups in total. The lowest BCUT2D eigenvalue weighted by atomic mass is 10.3. The fourth-order valence-electron chi connectivity index (χ4n) is 1.88. The highest BCUT2D eigenvalue weighted by molar-refractivity contribution is 5.41. The number of hydrogen-bond donors (Lipinski definition) is 0. The van der Waals surface area contributed by atoms with Crippen LogP contribution in [0.5, 0.6) is 5.75 Å². The number of nitriles is 1. The Kier molecular flexibility index (Phi) is 3.15. The average molecular weight is 226 g/mol. The zero-order valence-corrected chi connectivity index (χ0v) is 9.97. The van der Waals surface area contributed by atoms with Crippen LogP contribution in [0.15, 0.2) is 36.4 Å². The van der Waals surface area contributed by atoms with Crippen LogP contribution in [0.2, 0.25) is 0 Å². The van der Waals surface area contributed by atoms with E-state index in [2.05, 4.69) is 30.5 Å². The van der Waals surface area contributed by atoms with E-state index in [9.17, 15) is 0 Å². The van der Waals surface area contributed by atoms with E-state index in [0.717, 1.165) is 11.4 Å². The van der Waals surface area contributed by atoms with Crippen molar-refractivity contribution in [3.05, 3.63) is 47.8 Å². The maximum absolute atomic E-state index is 8.43. The van der Waals surface area contributed by atoms with E-state index in [1.165, 1.54) is 11.4 Å². The summed E-state index contributed by atoms with van der Waals surface area (Å²) in [4.78, 5) is 0. The summed E-state index contributed by atoms with van der Waals surface area (Å²) in [7, 11) is 0. The number of hydrogen-bond acceptors (Lipinski definition) is 2. The maximum atomic E-state index is 8.43. The lowest BCUT2D eigenvalue weighted by Gasteiger charge is -2.10. The second-order valence-electron chi connectivity index (χ2n) is 3.89. The van der Waals surface area contributed by atoms with Gasteiger partial charge < -0.3 is 9.30 Å². The van der Waals surface area contributed by atoms with Gasteiger partial charge in [-0.1, -0.05) is 0 Å². The van der Waals surface area contributed by atoms with Crippen LogP contribution in [-0.2, 0) is 0 Å². The van der Waals surface area contributed by atoms with Gasteiger partial charge in [-0.2, -0.15) is 5.26 Å². The third kappa shape index (κ3) is 2.31. The Labute approximate surface area is 101 Å². The molecule has 0 aliphatic rings. The van der Waals surface area contributed by atoms with E-state index in [0.29, 0.717) is 0 Å². The number of nitrogens with zero attached hydrogens (tertiary/aromatic N) is 2. The minimum Gasteiger partial charge on any atom is -0.479 e. The van der Waals surface area contributed by atoms with E-state index in [-0.39, 0.29) is 6.61 Å². The topological polar surface area (TPSA) is 38.0 Å². The Morgan fingerprint density at radius 2 is 1.65 bits per heavy atom. The molecule has 3 heteroatoms.